The van der Waals surface area contributed by atoms with Crippen LogP contribution in [-0.4, -0.2) is 57.5 Å². The van der Waals surface area contributed by atoms with Crippen LogP contribution in [0.3, 0.4) is 0 Å². The average molecular weight is 449 g/mol. The first-order chi connectivity index (χ1) is 14.4. The fourth-order valence-corrected chi connectivity index (χ4v) is 6.76. The van der Waals surface area contributed by atoms with Gasteiger partial charge in [-0.2, -0.15) is 0 Å². The van der Waals surface area contributed by atoms with Crippen LogP contribution in [0.1, 0.15) is 29.3 Å². The highest BCUT2D eigenvalue weighted by Gasteiger charge is 2.37. The quantitative estimate of drug-likeness (QED) is 0.718. The number of nitrogens with zero attached hydrogens (tertiary/aromatic N) is 2. The molecule has 0 saturated carbocycles. The maximum atomic E-state index is 13.4. The Morgan fingerprint density at radius 3 is 2.57 bits per heavy atom. The minimum Gasteiger partial charge on any atom is -0.496 e. The molecule has 0 bridgehead atoms. The van der Waals surface area contributed by atoms with Gasteiger partial charge in [-0.1, -0.05) is 6.07 Å². The van der Waals surface area contributed by atoms with Gasteiger partial charge in [-0.05, 0) is 55.0 Å². The molecule has 0 N–H and O–H groups in total. The first-order valence-electron chi connectivity index (χ1n) is 10.3. The van der Waals surface area contributed by atoms with Gasteiger partial charge >= 0.3 is 0 Å². The molecule has 2 fully saturated rings. The zero-order valence-electron chi connectivity index (χ0n) is 17.4. The molecule has 6 nitrogen and oxygen atoms in total. The number of piperazine rings is 1. The Morgan fingerprint density at radius 2 is 1.93 bits per heavy atom. The van der Waals surface area contributed by atoms with E-state index in [4.69, 9.17) is 4.74 Å². The number of anilines is 1. The number of methoxy groups -OCH3 is 1. The number of carbonyl (C=O) groups excluding carboxylic acids is 1. The number of rotatable bonds is 4. The largest absolute Gasteiger partial charge is 0.496 e. The Balaban J connectivity index is 1.55. The van der Waals surface area contributed by atoms with Crippen LogP contribution in [-0.2, 0) is 14.6 Å². The first-order valence-corrected chi connectivity index (χ1v) is 13.0. The van der Waals surface area contributed by atoms with Gasteiger partial charge in [-0.15, -0.1) is 11.3 Å². The molecule has 2 aliphatic heterocycles. The van der Waals surface area contributed by atoms with Gasteiger partial charge in [0.25, 0.3) is 0 Å². The first kappa shape index (κ1) is 21.2. The number of ether oxygens (including phenoxy) is 1. The zero-order chi connectivity index (χ0) is 21.3. The monoisotopic (exact) mass is 448 g/mol. The van der Waals surface area contributed by atoms with Crippen LogP contribution in [0, 0.1) is 12.8 Å². The topological polar surface area (TPSA) is 66.9 Å². The molecule has 1 aromatic carbocycles. The van der Waals surface area contributed by atoms with Crippen molar-refractivity contribution in [2.75, 3.05) is 43.1 Å². The Kier molecular flexibility index (Phi) is 6.06. The second-order valence-electron chi connectivity index (χ2n) is 8.09. The van der Waals surface area contributed by atoms with Crippen LogP contribution < -0.4 is 9.64 Å². The summed E-state index contributed by atoms with van der Waals surface area (Å²) in [5, 5.41) is 2.04. The molecular formula is C22H28N2O4S2. The van der Waals surface area contributed by atoms with Gasteiger partial charge in [-0.3, -0.25) is 4.79 Å². The van der Waals surface area contributed by atoms with Crippen LogP contribution in [0.5, 0.6) is 5.75 Å². The van der Waals surface area contributed by atoms with Crippen molar-refractivity contribution in [1.82, 2.24) is 4.90 Å². The molecule has 2 aliphatic rings. The summed E-state index contributed by atoms with van der Waals surface area (Å²) < 4.78 is 28.9. The van der Waals surface area contributed by atoms with Gasteiger partial charge in [-0.25, -0.2) is 8.42 Å². The van der Waals surface area contributed by atoms with Crippen LogP contribution >= 0.6 is 11.3 Å². The second-order valence-corrected chi connectivity index (χ2v) is 11.4. The van der Waals surface area contributed by atoms with Crippen molar-refractivity contribution in [2.45, 2.75) is 25.8 Å². The van der Waals surface area contributed by atoms with Crippen LogP contribution in [0.4, 0.5) is 5.69 Å². The van der Waals surface area contributed by atoms with E-state index in [1.807, 2.05) is 29.3 Å². The Morgan fingerprint density at radius 1 is 1.17 bits per heavy atom. The van der Waals surface area contributed by atoms with Crippen molar-refractivity contribution in [3.63, 3.8) is 0 Å². The molecule has 2 saturated heterocycles. The van der Waals surface area contributed by atoms with Gasteiger partial charge in [0.1, 0.15) is 15.6 Å². The SMILES string of the molecule is COc1ccc(N2CCN(C(=O)C3CCS(=O)(=O)CC3)C(c3cccs3)C2)cc1C. The lowest BCUT2D eigenvalue weighted by Gasteiger charge is -2.43. The van der Waals surface area contributed by atoms with E-state index in [1.165, 1.54) is 4.88 Å². The van der Waals surface area contributed by atoms with Gasteiger partial charge < -0.3 is 14.5 Å². The minimum atomic E-state index is -2.98. The number of hydrogen-bond acceptors (Lipinski definition) is 6. The average Bonchev–Trinajstić information content (AvgIpc) is 3.27. The lowest BCUT2D eigenvalue weighted by Crippen LogP contribution is -2.52. The maximum Gasteiger partial charge on any atom is 0.226 e. The summed E-state index contributed by atoms with van der Waals surface area (Å²) in [5.74, 6) is 1.03. The lowest BCUT2D eigenvalue weighted by atomic mass is 9.98. The third-order valence-corrected chi connectivity index (χ3v) is 8.87. The normalized spacial score (nSPS) is 22.1. The van der Waals surface area contributed by atoms with E-state index < -0.39 is 9.84 Å². The molecule has 1 unspecified atom stereocenters. The zero-order valence-corrected chi connectivity index (χ0v) is 19.0. The highest BCUT2D eigenvalue weighted by atomic mass is 32.2. The molecule has 8 heteroatoms. The van der Waals surface area contributed by atoms with Crippen LogP contribution in [0.15, 0.2) is 35.7 Å². The predicted molar refractivity (Wildman–Crippen MR) is 120 cm³/mol. The van der Waals surface area contributed by atoms with Gasteiger partial charge in [0, 0.05) is 36.1 Å². The Labute approximate surface area is 182 Å². The molecule has 1 atom stereocenters. The Bertz CT molecular complexity index is 990. The number of aryl methyl sites for hydroxylation is 1. The second kappa shape index (κ2) is 8.59. The molecule has 3 heterocycles. The predicted octanol–water partition coefficient (Wildman–Crippen LogP) is 3.28. The minimum absolute atomic E-state index is 0.0211. The summed E-state index contributed by atoms with van der Waals surface area (Å²) in [6.45, 7) is 4.15. The third kappa shape index (κ3) is 4.34. The summed E-state index contributed by atoms with van der Waals surface area (Å²) >= 11 is 1.67. The fraction of sp³-hybridized carbons (Fsp3) is 0.500. The number of amides is 1. The molecule has 2 aromatic rings. The van der Waals surface area contributed by atoms with E-state index in [2.05, 4.69) is 23.1 Å². The number of thiophene rings is 1. The maximum absolute atomic E-state index is 13.4. The number of hydrogen-bond donors (Lipinski definition) is 0. The number of benzene rings is 1. The molecule has 1 amide bonds. The number of sulfone groups is 1. The highest BCUT2D eigenvalue weighted by molar-refractivity contribution is 7.91. The molecule has 4 rings (SSSR count). The summed E-state index contributed by atoms with van der Waals surface area (Å²) in [5.41, 5.74) is 2.22. The van der Waals surface area contributed by atoms with E-state index in [0.717, 1.165) is 30.1 Å². The van der Waals surface area contributed by atoms with E-state index in [-0.39, 0.29) is 29.4 Å². The molecule has 0 spiro atoms. The van der Waals surface area contributed by atoms with E-state index in [9.17, 15) is 13.2 Å². The summed E-state index contributed by atoms with van der Waals surface area (Å²) in [6, 6.07) is 10.3. The molecule has 1 aromatic heterocycles. The van der Waals surface area contributed by atoms with Gasteiger partial charge in [0.15, 0.2) is 0 Å². The summed E-state index contributed by atoms with van der Waals surface area (Å²) in [6.07, 6.45) is 0.881. The molecule has 0 radical (unpaired) electrons. The van der Waals surface area contributed by atoms with Crippen molar-refractivity contribution >= 4 is 32.8 Å². The van der Waals surface area contributed by atoms with E-state index in [0.29, 0.717) is 19.4 Å². The smallest absolute Gasteiger partial charge is 0.226 e. The molecule has 30 heavy (non-hydrogen) atoms. The summed E-state index contributed by atoms with van der Waals surface area (Å²) in [4.78, 5) is 18.8. The standard InChI is InChI=1S/C22H28N2O4S2/c1-16-14-18(5-6-20(16)28-2)23-9-10-24(19(15-23)21-4-3-11-29-21)22(25)17-7-12-30(26,27)13-8-17/h3-6,11,14,17,19H,7-10,12-13,15H2,1-2H3. The number of carbonyl (C=O) groups is 1. The highest BCUT2D eigenvalue weighted by Crippen LogP contribution is 2.35. The third-order valence-electron chi connectivity index (χ3n) is 6.18. The van der Waals surface area contributed by atoms with Crippen molar-refractivity contribution in [3.05, 3.63) is 46.2 Å². The molecule has 162 valence electrons. The summed E-state index contributed by atoms with van der Waals surface area (Å²) in [7, 11) is -1.30. The molecular weight excluding hydrogens is 420 g/mol. The van der Waals surface area contributed by atoms with Crippen LogP contribution in [0.25, 0.3) is 0 Å². The lowest BCUT2D eigenvalue weighted by molar-refractivity contribution is -0.138. The van der Waals surface area contributed by atoms with Gasteiger partial charge in [0.05, 0.1) is 24.7 Å². The van der Waals surface area contributed by atoms with Crippen LogP contribution in [0.2, 0.25) is 0 Å². The van der Waals surface area contributed by atoms with E-state index >= 15 is 0 Å². The van der Waals surface area contributed by atoms with Crippen molar-refractivity contribution in [2.24, 2.45) is 5.92 Å². The van der Waals surface area contributed by atoms with Gasteiger partial charge in [0.2, 0.25) is 5.91 Å². The van der Waals surface area contributed by atoms with Crippen molar-refractivity contribution in [3.8, 4) is 5.75 Å². The Hall–Kier alpha value is -2.06. The van der Waals surface area contributed by atoms with Crippen molar-refractivity contribution < 1.29 is 17.9 Å². The fourth-order valence-electron chi connectivity index (χ4n) is 4.44. The molecule has 0 aliphatic carbocycles. The van der Waals surface area contributed by atoms with E-state index in [1.54, 1.807) is 18.4 Å². The van der Waals surface area contributed by atoms with Crippen molar-refractivity contribution in [1.29, 1.82) is 0 Å².